The fourth-order valence-electron chi connectivity index (χ4n) is 6.96. The van der Waals surface area contributed by atoms with Crippen LogP contribution in [0.5, 0.6) is 5.75 Å². The van der Waals surface area contributed by atoms with Gasteiger partial charge >= 0.3 is 5.97 Å². The molecule has 7 heteroatoms. The molecular formula is C36H45N3O4. The molecule has 1 aliphatic carbocycles. The molecule has 1 aromatic heterocycles. The highest BCUT2D eigenvalue weighted by atomic mass is 16.5. The van der Waals surface area contributed by atoms with Gasteiger partial charge in [0.05, 0.1) is 13.2 Å². The van der Waals surface area contributed by atoms with Gasteiger partial charge in [0, 0.05) is 42.4 Å². The molecule has 1 saturated heterocycles. The van der Waals surface area contributed by atoms with Crippen LogP contribution in [-0.4, -0.2) is 46.1 Å². The van der Waals surface area contributed by atoms with Crippen LogP contribution in [0.2, 0.25) is 0 Å². The van der Waals surface area contributed by atoms with Gasteiger partial charge < -0.3 is 20.1 Å². The topological polar surface area (TPSA) is 91.8 Å². The van der Waals surface area contributed by atoms with Gasteiger partial charge in [-0.1, -0.05) is 90.1 Å². The second kappa shape index (κ2) is 11.8. The van der Waals surface area contributed by atoms with Gasteiger partial charge in [0.2, 0.25) is 5.91 Å². The van der Waals surface area contributed by atoms with Crippen molar-refractivity contribution in [3.8, 4) is 5.75 Å². The standard InChI is InChI=1S/C36H45N3O4/c1-35(2,3)25-15-16-28(43-7)24(18-25)21-38-30-29(36(4,5)6)32(34(41)42)39(31(30)22-12-9-8-10-13-22)33(40)27-19-26(27)23-14-11-17-37-20-23/h8-18,20,26-27,29-32,38H,19,21H2,1-7H3,(H,41,42)/t26-,27+,29-,30-,31-,32-/m0/s1. The number of aromatic nitrogens is 1. The van der Waals surface area contributed by atoms with E-state index in [2.05, 4.69) is 64.0 Å². The maximum Gasteiger partial charge on any atom is 0.326 e. The predicted octanol–water partition coefficient (Wildman–Crippen LogP) is 6.35. The zero-order chi connectivity index (χ0) is 31.1. The Bertz CT molecular complexity index is 1440. The summed E-state index contributed by atoms with van der Waals surface area (Å²) >= 11 is 0. The zero-order valence-electron chi connectivity index (χ0n) is 26.4. The number of nitrogens with one attached hydrogen (secondary N) is 1. The molecule has 2 heterocycles. The molecule has 0 bridgehead atoms. The fraction of sp³-hybridized carbons (Fsp3) is 0.472. The number of amides is 1. The van der Waals surface area contributed by atoms with Gasteiger partial charge in [-0.2, -0.15) is 0 Å². The van der Waals surface area contributed by atoms with Gasteiger partial charge in [-0.3, -0.25) is 9.78 Å². The first-order valence-electron chi connectivity index (χ1n) is 15.2. The van der Waals surface area contributed by atoms with E-state index in [1.807, 2.05) is 54.7 Å². The lowest BCUT2D eigenvalue weighted by molar-refractivity contribution is -0.152. The first kappa shape index (κ1) is 30.7. The van der Waals surface area contributed by atoms with Crippen molar-refractivity contribution in [2.75, 3.05) is 7.11 Å². The van der Waals surface area contributed by atoms with Crippen LogP contribution in [0.4, 0.5) is 0 Å². The predicted molar refractivity (Wildman–Crippen MR) is 168 cm³/mol. The molecule has 43 heavy (non-hydrogen) atoms. The lowest BCUT2D eigenvalue weighted by Crippen LogP contribution is -2.48. The molecule has 0 radical (unpaired) electrons. The maximum absolute atomic E-state index is 14.4. The lowest BCUT2D eigenvalue weighted by Gasteiger charge is -2.35. The monoisotopic (exact) mass is 583 g/mol. The maximum atomic E-state index is 14.4. The van der Waals surface area contributed by atoms with Gasteiger partial charge in [-0.25, -0.2) is 4.79 Å². The Labute approximate surface area is 255 Å². The summed E-state index contributed by atoms with van der Waals surface area (Å²) in [5.74, 6) is -0.851. The van der Waals surface area contributed by atoms with E-state index in [-0.39, 0.29) is 35.1 Å². The molecule has 1 aliphatic heterocycles. The molecule has 2 N–H and O–H groups in total. The van der Waals surface area contributed by atoms with Crippen molar-refractivity contribution >= 4 is 11.9 Å². The SMILES string of the molecule is COc1ccc(C(C)(C)C)cc1CN[C@H]1[C@H](C(C)(C)C)[C@@H](C(=O)O)N(C(=O)[C@@H]2C[C@H]2c2cccnc2)[C@H]1c1ccccc1. The molecule has 0 spiro atoms. The van der Waals surface area contributed by atoms with Crippen molar-refractivity contribution < 1.29 is 19.4 Å². The van der Waals surface area contributed by atoms with Gasteiger partial charge in [0.15, 0.2) is 0 Å². The Hall–Kier alpha value is -3.71. The van der Waals surface area contributed by atoms with E-state index in [0.717, 1.165) is 22.4 Å². The van der Waals surface area contributed by atoms with Crippen LogP contribution >= 0.6 is 0 Å². The molecule has 228 valence electrons. The zero-order valence-corrected chi connectivity index (χ0v) is 26.4. The second-order valence-corrected chi connectivity index (χ2v) is 14.2. The van der Waals surface area contributed by atoms with E-state index in [0.29, 0.717) is 13.0 Å². The van der Waals surface area contributed by atoms with Crippen LogP contribution in [0.1, 0.15) is 82.2 Å². The van der Waals surface area contributed by atoms with Crippen LogP contribution in [0, 0.1) is 17.3 Å². The number of carbonyl (C=O) groups is 2. The average molecular weight is 584 g/mol. The summed E-state index contributed by atoms with van der Waals surface area (Å²) < 4.78 is 5.74. The number of hydrogen-bond donors (Lipinski definition) is 2. The summed E-state index contributed by atoms with van der Waals surface area (Å²) in [6, 6.07) is 18.3. The van der Waals surface area contributed by atoms with Gasteiger partial charge in [-0.05, 0) is 52.0 Å². The number of aliphatic carboxylic acids is 1. The van der Waals surface area contributed by atoms with Crippen molar-refractivity contribution in [3.05, 3.63) is 95.3 Å². The van der Waals surface area contributed by atoms with Crippen LogP contribution < -0.4 is 10.1 Å². The minimum atomic E-state index is -0.979. The van der Waals surface area contributed by atoms with Crippen molar-refractivity contribution in [1.82, 2.24) is 15.2 Å². The first-order chi connectivity index (χ1) is 20.3. The quantitative estimate of drug-likeness (QED) is 0.321. The van der Waals surface area contributed by atoms with E-state index in [9.17, 15) is 14.7 Å². The third kappa shape index (κ3) is 6.19. The second-order valence-electron chi connectivity index (χ2n) is 14.2. The normalized spacial score (nSPS) is 25.4. The van der Waals surface area contributed by atoms with Crippen molar-refractivity contribution in [1.29, 1.82) is 0 Å². The molecule has 7 nitrogen and oxygen atoms in total. The lowest BCUT2D eigenvalue weighted by atomic mass is 9.72. The molecular weight excluding hydrogens is 538 g/mol. The van der Waals surface area contributed by atoms with Crippen molar-refractivity contribution in [2.24, 2.45) is 17.3 Å². The number of benzene rings is 2. The Kier molecular flexibility index (Phi) is 8.41. The van der Waals surface area contributed by atoms with Crippen molar-refractivity contribution in [2.45, 2.75) is 84.0 Å². The summed E-state index contributed by atoms with van der Waals surface area (Å²) in [5.41, 5.74) is 3.70. The third-order valence-corrected chi connectivity index (χ3v) is 9.21. The molecule has 2 aromatic carbocycles. The summed E-state index contributed by atoms with van der Waals surface area (Å²) in [7, 11) is 1.67. The van der Waals surface area contributed by atoms with Crippen LogP contribution in [0.25, 0.3) is 0 Å². The fourth-order valence-corrected chi connectivity index (χ4v) is 6.96. The highest BCUT2D eigenvalue weighted by Gasteiger charge is 2.60. The highest BCUT2D eigenvalue weighted by Crippen LogP contribution is 2.54. The van der Waals surface area contributed by atoms with E-state index in [1.165, 1.54) is 5.56 Å². The summed E-state index contributed by atoms with van der Waals surface area (Å²) in [6.07, 6.45) is 4.24. The Morgan fingerprint density at radius 3 is 2.28 bits per heavy atom. The number of carboxylic acids is 1. The van der Waals surface area contributed by atoms with Crippen molar-refractivity contribution in [3.63, 3.8) is 0 Å². The van der Waals surface area contributed by atoms with E-state index in [4.69, 9.17) is 4.74 Å². The minimum Gasteiger partial charge on any atom is -0.496 e. The molecule has 6 atom stereocenters. The van der Waals surface area contributed by atoms with Gasteiger partial charge in [0.25, 0.3) is 0 Å². The molecule has 0 unspecified atom stereocenters. The highest BCUT2D eigenvalue weighted by molar-refractivity contribution is 5.89. The van der Waals surface area contributed by atoms with E-state index < -0.39 is 23.5 Å². The summed E-state index contributed by atoms with van der Waals surface area (Å²) in [5, 5.41) is 14.6. The average Bonchev–Trinajstić information content (AvgIpc) is 3.69. The minimum absolute atomic E-state index is 0.0401. The Morgan fingerprint density at radius 2 is 1.70 bits per heavy atom. The van der Waals surface area contributed by atoms with Crippen LogP contribution in [-0.2, 0) is 21.5 Å². The summed E-state index contributed by atoms with van der Waals surface area (Å²) in [4.78, 5) is 33.6. The molecule has 1 amide bonds. The molecule has 2 aliphatic rings. The number of methoxy groups -OCH3 is 1. The number of pyridine rings is 1. The van der Waals surface area contributed by atoms with E-state index in [1.54, 1.807) is 18.2 Å². The number of likely N-dealkylation sites (tertiary alicyclic amines) is 1. The molecule has 2 fully saturated rings. The Balaban J connectivity index is 1.57. The number of nitrogens with zero attached hydrogens (tertiary/aromatic N) is 2. The van der Waals surface area contributed by atoms with Crippen LogP contribution in [0.3, 0.4) is 0 Å². The number of carboxylic acid groups (broad SMARTS) is 1. The first-order valence-corrected chi connectivity index (χ1v) is 15.2. The smallest absolute Gasteiger partial charge is 0.326 e. The van der Waals surface area contributed by atoms with Gasteiger partial charge in [-0.15, -0.1) is 0 Å². The number of hydrogen-bond acceptors (Lipinski definition) is 5. The number of ether oxygens (including phenoxy) is 1. The Morgan fingerprint density at radius 1 is 1.00 bits per heavy atom. The molecule has 1 saturated carbocycles. The van der Waals surface area contributed by atoms with Gasteiger partial charge in [0.1, 0.15) is 11.8 Å². The molecule has 3 aromatic rings. The third-order valence-electron chi connectivity index (χ3n) is 9.21. The molecule has 5 rings (SSSR count). The van der Waals surface area contributed by atoms with Crippen LogP contribution in [0.15, 0.2) is 73.1 Å². The summed E-state index contributed by atoms with van der Waals surface area (Å²) in [6.45, 7) is 13.3. The largest absolute Gasteiger partial charge is 0.496 e. The number of carbonyl (C=O) groups excluding carboxylic acids is 1. The van der Waals surface area contributed by atoms with E-state index >= 15 is 0 Å². The number of rotatable bonds is 8.